The fraction of sp³-hybridized carbons (Fsp3) is 0.636. The quantitative estimate of drug-likeness (QED) is 0.773. The SMILES string of the molecule is CCc1nc(C(C)(C)C(=O)OC)[nH]c1C. The van der Waals surface area contributed by atoms with Crippen molar-refractivity contribution in [3.63, 3.8) is 0 Å². The van der Waals surface area contributed by atoms with E-state index in [1.807, 2.05) is 13.8 Å². The summed E-state index contributed by atoms with van der Waals surface area (Å²) >= 11 is 0. The number of carbonyl (C=O) groups excluding carboxylic acids is 1. The summed E-state index contributed by atoms with van der Waals surface area (Å²) in [5.41, 5.74) is 1.30. The maximum absolute atomic E-state index is 11.6. The molecule has 1 heterocycles. The Kier molecular flexibility index (Phi) is 3.17. The zero-order valence-electron chi connectivity index (χ0n) is 9.97. The highest BCUT2D eigenvalue weighted by molar-refractivity contribution is 5.80. The van der Waals surface area contributed by atoms with Gasteiger partial charge in [-0.2, -0.15) is 0 Å². The number of imidazole rings is 1. The number of rotatable bonds is 3. The molecule has 0 aliphatic carbocycles. The van der Waals surface area contributed by atoms with Gasteiger partial charge in [0.05, 0.1) is 12.8 Å². The summed E-state index contributed by atoms with van der Waals surface area (Å²) in [4.78, 5) is 19.1. The summed E-state index contributed by atoms with van der Waals surface area (Å²) in [7, 11) is 1.39. The van der Waals surface area contributed by atoms with E-state index in [0.717, 1.165) is 17.8 Å². The third-order valence-corrected chi connectivity index (χ3v) is 2.61. The molecule has 4 heteroatoms. The van der Waals surface area contributed by atoms with Gasteiger partial charge in [0.2, 0.25) is 0 Å². The molecule has 0 aliphatic rings. The zero-order chi connectivity index (χ0) is 11.6. The normalized spacial score (nSPS) is 11.5. The highest BCUT2D eigenvalue weighted by Crippen LogP contribution is 2.23. The lowest BCUT2D eigenvalue weighted by atomic mass is 9.93. The second-order valence-electron chi connectivity index (χ2n) is 4.13. The maximum Gasteiger partial charge on any atom is 0.318 e. The molecule has 0 atom stereocenters. The van der Waals surface area contributed by atoms with Crippen LogP contribution >= 0.6 is 0 Å². The number of nitrogens with zero attached hydrogens (tertiary/aromatic N) is 1. The molecule has 0 saturated carbocycles. The molecular weight excluding hydrogens is 192 g/mol. The maximum atomic E-state index is 11.6. The Morgan fingerprint density at radius 3 is 2.53 bits per heavy atom. The topological polar surface area (TPSA) is 55.0 Å². The second-order valence-corrected chi connectivity index (χ2v) is 4.13. The van der Waals surface area contributed by atoms with E-state index in [2.05, 4.69) is 9.97 Å². The van der Waals surface area contributed by atoms with Crippen molar-refractivity contribution in [2.75, 3.05) is 7.11 Å². The number of ether oxygens (including phenoxy) is 1. The van der Waals surface area contributed by atoms with E-state index in [1.54, 1.807) is 13.8 Å². The van der Waals surface area contributed by atoms with Gasteiger partial charge in [0.1, 0.15) is 11.2 Å². The average molecular weight is 210 g/mol. The number of aromatic nitrogens is 2. The number of carbonyl (C=O) groups is 1. The Hall–Kier alpha value is -1.32. The molecule has 0 saturated heterocycles. The molecule has 0 bridgehead atoms. The van der Waals surface area contributed by atoms with Gasteiger partial charge in [-0.1, -0.05) is 6.92 Å². The Morgan fingerprint density at radius 1 is 1.53 bits per heavy atom. The van der Waals surface area contributed by atoms with E-state index in [4.69, 9.17) is 4.74 Å². The number of aromatic amines is 1. The fourth-order valence-electron chi connectivity index (χ4n) is 1.49. The number of H-pyrrole nitrogens is 1. The summed E-state index contributed by atoms with van der Waals surface area (Å²) in [6, 6.07) is 0. The van der Waals surface area contributed by atoms with Gasteiger partial charge in [0, 0.05) is 5.69 Å². The van der Waals surface area contributed by atoms with Gasteiger partial charge in [-0.15, -0.1) is 0 Å². The first-order chi connectivity index (χ1) is 6.93. The summed E-state index contributed by atoms with van der Waals surface area (Å²) in [5, 5.41) is 0. The molecular formula is C11H18N2O2. The molecule has 0 unspecified atom stereocenters. The summed E-state index contributed by atoms with van der Waals surface area (Å²) < 4.78 is 4.75. The fourth-order valence-corrected chi connectivity index (χ4v) is 1.49. The third kappa shape index (κ3) is 2.03. The van der Waals surface area contributed by atoms with Crippen molar-refractivity contribution in [2.24, 2.45) is 0 Å². The standard InChI is InChI=1S/C11H18N2O2/c1-6-8-7(2)12-9(13-8)11(3,4)10(14)15-5/h6H2,1-5H3,(H,12,13). The van der Waals surface area contributed by atoms with Crippen LogP contribution in [0.4, 0.5) is 0 Å². The Labute approximate surface area is 90.1 Å². The number of hydrogen-bond acceptors (Lipinski definition) is 3. The van der Waals surface area contributed by atoms with Crippen molar-refractivity contribution in [3.8, 4) is 0 Å². The molecule has 0 spiro atoms. The molecule has 0 amide bonds. The van der Waals surface area contributed by atoms with E-state index in [-0.39, 0.29) is 5.97 Å². The Balaban J connectivity index is 3.10. The van der Waals surface area contributed by atoms with Crippen LogP contribution in [0.25, 0.3) is 0 Å². The van der Waals surface area contributed by atoms with Gasteiger partial charge >= 0.3 is 5.97 Å². The van der Waals surface area contributed by atoms with Crippen LogP contribution in [0, 0.1) is 6.92 Å². The van der Waals surface area contributed by atoms with Crippen LogP contribution in [0.15, 0.2) is 0 Å². The minimum atomic E-state index is -0.715. The number of hydrogen-bond donors (Lipinski definition) is 1. The lowest BCUT2D eigenvalue weighted by Gasteiger charge is -2.18. The van der Waals surface area contributed by atoms with Crippen molar-refractivity contribution < 1.29 is 9.53 Å². The van der Waals surface area contributed by atoms with Crippen LogP contribution in [0.1, 0.15) is 38.0 Å². The van der Waals surface area contributed by atoms with Crippen molar-refractivity contribution in [1.29, 1.82) is 0 Å². The first kappa shape index (κ1) is 11.8. The number of aryl methyl sites for hydroxylation is 2. The molecule has 0 radical (unpaired) electrons. The third-order valence-electron chi connectivity index (χ3n) is 2.61. The van der Waals surface area contributed by atoms with Crippen molar-refractivity contribution in [1.82, 2.24) is 9.97 Å². The van der Waals surface area contributed by atoms with Gasteiger partial charge in [-0.05, 0) is 27.2 Å². The minimum Gasteiger partial charge on any atom is -0.468 e. The smallest absolute Gasteiger partial charge is 0.318 e. The van der Waals surface area contributed by atoms with Gasteiger partial charge < -0.3 is 9.72 Å². The minimum absolute atomic E-state index is 0.279. The first-order valence-corrected chi connectivity index (χ1v) is 5.07. The van der Waals surface area contributed by atoms with E-state index >= 15 is 0 Å². The molecule has 1 rings (SSSR count). The number of methoxy groups -OCH3 is 1. The van der Waals surface area contributed by atoms with Crippen molar-refractivity contribution >= 4 is 5.97 Å². The molecule has 4 nitrogen and oxygen atoms in total. The lowest BCUT2D eigenvalue weighted by molar-refractivity contribution is -0.146. The average Bonchev–Trinajstić information content (AvgIpc) is 2.58. The predicted octanol–water partition coefficient (Wildman–Crippen LogP) is 1.73. The Bertz CT molecular complexity index is 367. The molecule has 1 aromatic heterocycles. The molecule has 1 aromatic rings. The molecule has 1 N–H and O–H groups in total. The molecule has 0 fully saturated rings. The lowest BCUT2D eigenvalue weighted by Crippen LogP contribution is -2.31. The Morgan fingerprint density at radius 2 is 2.13 bits per heavy atom. The molecule has 0 aliphatic heterocycles. The van der Waals surface area contributed by atoms with Gasteiger partial charge in [0.15, 0.2) is 0 Å². The van der Waals surface area contributed by atoms with Gasteiger partial charge in [0.25, 0.3) is 0 Å². The summed E-state index contributed by atoms with van der Waals surface area (Å²) in [6.07, 6.45) is 0.861. The number of esters is 1. The van der Waals surface area contributed by atoms with Crippen molar-refractivity contribution in [3.05, 3.63) is 17.2 Å². The number of nitrogens with one attached hydrogen (secondary N) is 1. The molecule has 0 aromatic carbocycles. The van der Waals surface area contributed by atoms with Crippen LogP contribution in [0.5, 0.6) is 0 Å². The first-order valence-electron chi connectivity index (χ1n) is 5.07. The van der Waals surface area contributed by atoms with Gasteiger partial charge in [-0.3, -0.25) is 4.79 Å². The largest absolute Gasteiger partial charge is 0.468 e. The summed E-state index contributed by atoms with van der Waals surface area (Å²) in [6.45, 7) is 7.61. The van der Waals surface area contributed by atoms with Crippen LogP contribution in [-0.4, -0.2) is 23.0 Å². The van der Waals surface area contributed by atoms with Crippen molar-refractivity contribution in [2.45, 2.75) is 39.5 Å². The van der Waals surface area contributed by atoms with Crippen LogP contribution in [0.3, 0.4) is 0 Å². The van der Waals surface area contributed by atoms with Gasteiger partial charge in [-0.25, -0.2) is 4.98 Å². The van der Waals surface area contributed by atoms with E-state index < -0.39 is 5.41 Å². The monoisotopic (exact) mass is 210 g/mol. The highest BCUT2D eigenvalue weighted by Gasteiger charge is 2.34. The molecule has 84 valence electrons. The highest BCUT2D eigenvalue weighted by atomic mass is 16.5. The molecule has 15 heavy (non-hydrogen) atoms. The van der Waals surface area contributed by atoms with Crippen LogP contribution < -0.4 is 0 Å². The van der Waals surface area contributed by atoms with E-state index in [0.29, 0.717) is 5.82 Å². The van der Waals surface area contributed by atoms with Crippen LogP contribution in [0.2, 0.25) is 0 Å². The second kappa shape index (κ2) is 4.04. The van der Waals surface area contributed by atoms with E-state index in [1.165, 1.54) is 7.11 Å². The summed E-state index contributed by atoms with van der Waals surface area (Å²) in [5.74, 6) is 0.391. The van der Waals surface area contributed by atoms with E-state index in [9.17, 15) is 4.79 Å². The van der Waals surface area contributed by atoms with Crippen LogP contribution in [-0.2, 0) is 21.4 Å². The zero-order valence-corrected chi connectivity index (χ0v) is 9.97. The predicted molar refractivity (Wildman–Crippen MR) is 57.7 cm³/mol.